The highest BCUT2D eigenvalue weighted by atomic mass is 16.2. The highest BCUT2D eigenvalue weighted by Crippen LogP contribution is 1.93. The van der Waals surface area contributed by atoms with Gasteiger partial charge < -0.3 is 16.8 Å². The molecule has 75 valence electrons. The fourth-order valence-electron chi connectivity index (χ4n) is 0.834. The van der Waals surface area contributed by atoms with Crippen molar-refractivity contribution >= 4 is 11.9 Å². The minimum absolute atomic E-state index is 0.0694. The molecule has 0 fully saturated rings. The van der Waals surface area contributed by atoms with Gasteiger partial charge in [-0.3, -0.25) is 15.5 Å². The van der Waals surface area contributed by atoms with Crippen LogP contribution in [0.15, 0.2) is 0 Å². The van der Waals surface area contributed by atoms with Crippen LogP contribution in [0.2, 0.25) is 0 Å². The van der Waals surface area contributed by atoms with Crippen molar-refractivity contribution in [3.8, 4) is 0 Å². The van der Waals surface area contributed by atoms with E-state index in [0.29, 0.717) is 19.4 Å². The molecule has 0 spiro atoms. The number of hydrogen-bond acceptors (Lipinski definition) is 3. The average molecular weight is 186 g/mol. The summed E-state index contributed by atoms with van der Waals surface area (Å²) in [6, 6.07) is -0.529. The van der Waals surface area contributed by atoms with Crippen molar-refractivity contribution < 1.29 is 4.79 Å². The summed E-state index contributed by atoms with van der Waals surface area (Å²) >= 11 is 0. The second kappa shape index (κ2) is 6.24. The van der Waals surface area contributed by atoms with Gasteiger partial charge in [0, 0.05) is 13.6 Å². The number of carbonyl (C=O) groups is 1. The third kappa shape index (κ3) is 5.92. The van der Waals surface area contributed by atoms with Crippen LogP contribution in [0.4, 0.5) is 0 Å². The first-order valence-electron chi connectivity index (χ1n) is 4.05. The Bertz CT molecular complexity index is 182. The van der Waals surface area contributed by atoms with Crippen LogP contribution in [0, 0.1) is 5.41 Å². The molecule has 0 aromatic rings. The van der Waals surface area contributed by atoms with Gasteiger partial charge in [-0.1, -0.05) is 0 Å². The van der Waals surface area contributed by atoms with Crippen molar-refractivity contribution in [1.29, 1.82) is 5.41 Å². The van der Waals surface area contributed by atoms with Gasteiger partial charge in [0.2, 0.25) is 0 Å². The zero-order valence-corrected chi connectivity index (χ0v) is 7.71. The summed E-state index contributed by atoms with van der Waals surface area (Å²) in [4.78, 5) is 10.9. The zero-order valence-electron chi connectivity index (χ0n) is 7.71. The molecule has 6 N–H and O–H groups in total. The number of nitrogens with one attached hydrogen (secondary N) is 2. The molecular formula is C7H16N5O. The lowest BCUT2D eigenvalue weighted by Crippen LogP contribution is -2.37. The molecule has 0 rings (SSSR count). The van der Waals surface area contributed by atoms with E-state index in [4.69, 9.17) is 16.9 Å². The molecule has 0 heterocycles. The van der Waals surface area contributed by atoms with Crippen LogP contribution in [-0.2, 0) is 4.79 Å². The molecule has 1 amide bonds. The van der Waals surface area contributed by atoms with E-state index < -0.39 is 6.04 Å². The molecule has 0 aromatic carbocycles. The monoisotopic (exact) mass is 186 g/mol. The van der Waals surface area contributed by atoms with E-state index in [1.165, 1.54) is 7.05 Å². The van der Waals surface area contributed by atoms with Crippen LogP contribution in [0.5, 0.6) is 0 Å². The van der Waals surface area contributed by atoms with Crippen molar-refractivity contribution in [2.45, 2.75) is 18.9 Å². The average Bonchev–Trinajstić information content (AvgIpc) is 2.10. The highest BCUT2D eigenvalue weighted by molar-refractivity contribution is 5.80. The summed E-state index contributed by atoms with van der Waals surface area (Å²) in [5.74, 6) is -0.358. The van der Waals surface area contributed by atoms with Gasteiger partial charge in [0.05, 0.1) is 6.04 Å². The van der Waals surface area contributed by atoms with E-state index in [1.54, 1.807) is 0 Å². The van der Waals surface area contributed by atoms with E-state index in [2.05, 4.69) is 10.6 Å². The van der Waals surface area contributed by atoms with E-state index >= 15 is 0 Å². The Morgan fingerprint density at radius 3 is 2.77 bits per heavy atom. The molecule has 0 saturated heterocycles. The smallest absolute Gasteiger partial charge is 0.257 e. The predicted molar refractivity (Wildman–Crippen MR) is 50.2 cm³/mol. The summed E-state index contributed by atoms with van der Waals surface area (Å²) in [5.41, 5.74) is 10.5. The number of carbonyl (C=O) groups excluding carboxylic acids is 1. The fraction of sp³-hybridized carbons (Fsp3) is 0.714. The molecule has 1 atom stereocenters. The molecule has 0 aliphatic carbocycles. The maximum absolute atomic E-state index is 10.9. The maximum atomic E-state index is 10.9. The van der Waals surface area contributed by atoms with Crippen LogP contribution in [0.25, 0.3) is 0 Å². The number of likely N-dealkylation sites (N-methyl/N-ethyl adjacent to an activating group) is 1. The molecule has 0 unspecified atom stereocenters. The van der Waals surface area contributed by atoms with Crippen LogP contribution < -0.4 is 22.1 Å². The van der Waals surface area contributed by atoms with Gasteiger partial charge in [-0.25, -0.2) is 0 Å². The molecular weight excluding hydrogens is 170 g/mol. The number of nitrogens with zero attached hydrogens (tertiary/aromatic N) is 1. The first-order valence-corrected chi connectivity index (χ1v) is 4.05. The van der Waals surface area contributed by atoms with Gasteiger partial charge in [-0.15, -0.1) is 0 Å². The maximum Gasteiger partial charge on any atom is 0.257 e. The van der Waals surface area contributed by atoms with Crippen molar-refractivity contribution in [3.63, 3.8) is 0 Å². The molecule has 13 heavy (non-hydrogen) atoms. The van der Waals surface area contributed by atoms with E-state index in [1.807, 2.05) is 0 Å². The summed E-state index contributed by atoms with van der Waals surface area (Å²) < 4.78 is 0. The number of nitrogens with two attached hydrogens (primary N) is 2. The van der Waals surface area contributed by atoms with Gasteiger partial charge in [0.15, 0.2) is 5.96 Å². The second-order valence-electron chi connectivity index (χ2n) is 2.65. The lowest BCUT2D eigenvalue weighted by molar-refractivity contribution is -0.122. The van der Waals surface area contributed by atoms with Gasteiger partial charge in [0.25, 0.3) is 5.91 Å². The van der Waals surface area contributed by atoms with Crippen molar-refractivity contribution in [3.05, 3.63) is 0 Å². The number of amides is 1. The first-order chi connectivity index (χ1) is 6.07. The van der Waals surface area contributed by atoms with Crippen molar-refractivity contribution in [2.75, 3.05) is 13.6 Å². The van der Waals surface area contributed by atoms with Crippen molar-refractivity contribution in [1.82, 2.24) is 10.6 Å². The highest BCUT2D eigenvalue weighted by Gasteiger charge is 2.11. The van der Waals surface area contributed by atoms with Crippen molar-refractivity contribution in [2.24, 2.45) is 11.5 Å². The molecule has 6 heteroatoms. The molecule has 0 bridgehead atoms. The molecule has 0 aliphatic heterocycles. The Morgan fingerprint density at radius 1 is 1.69 bits per heavy atom. The van der Waals surface area contributed by atoms with E-state index in [-0.39, 0.29) is 11.9 Å². The summed E-state index contributed by atoms with van der Waals surface area (Å²) in [5, 5.41) is 12.9. The predicted octanol–water partition coefficient (Wildman–Crippen LogP) is -1.66. The van der Waals surface area contributed by atoms with E-state index in [9.17, 15) is 4.79 Å². The standard InChI is InChI=1S/C7H16N5O/c1-11-6(13)5(8)3-2-4-12-7(9)10/h5H,2-4,8H2,1H3,(H4,9,10,12)/t5-/m0/s1. The van der Waals surface area contributed by atoms with Crippen LogP contribution in [-0.4, -0.2) is 31.5 Å². The quantitative estimate of drug-likeness (QED) is 0.233. The molecule has 6 nitrogen and oxygen atoms in total. The Hall–Kier alpha value is -1.30. The topological polar surface area (TPSA) is 119 Å². The van der Waals surface area contributed by atoms with Gasteiger partial charge >= 0.3 is 0 Å². The normalized spacial score (nSPS) is 11.8. The molecule has 1 radical (unpaired) electrons. The summed E-state index contributed by atoms with van der Waals surface area (Å²) in [6.07, 6.45) is 1.25. The largest absolute Gasteiger partial charge is 0.370 e. The summed E-state index contributed by atoms with van der Waals surface area (Å²) in [6.45, 7) is 0.556. The molecule has 0 aliphatic rings. The van der Waals surface area contributed by atoms with E-state index in [0.717, 1.165) is 0 Å². The van der Waals surface area contributed by atoms with Gasteiger partial charge in [-0.2, -0.15) is 0 Å². The molecule has 0 saturated carbocycles. The minimum Gasteiger partial charge on any atom is -0.370 e. The molecule has 0 aromatic heterocycles. The minimum atomic E-state index is -0.529. The Labute approximate surface area is 77.6 Å². The van der Waals surface area contributed by atoms with Gasteiger partial charge in [0.1, 0.15) is 0 Å². The third-order valence-electron chi connectivity index (χ3n) is 1.54. The number of guanidine groups is 1. The van der Waals surface area contributed by atoms with Crippen LogP contribution >= 0.6 is 0 Å². The first kappa shape index (κ1) is 11.7. The Morgan fingerprint density at radius 2 is 2.31 bits per heavy atom. The summed E-state index contributed by atoms with van der Waals surface area (Å²) in [7, 11) is 1.43. The van der Waals surface area contributed by atoms with Crippen LogP contribution in [0.1, 0.15) is 12.8 Å². The third-order valence-corrected chi connectivity index (χ3v) is 1.54. The SMILES string of the molecule is C[N]C(=O)[C@@H](N)CCCNC(=N)N. The Kier molecular flexibility index (Phi) is 5.62. The number of rotatable bonds is 5. The van der Waals surface area contributed by atoms with Crippen LogP contribution in [0.3, 0.4) is 0 Å². The zero-order chi connectivity index (χ0) is 10.3. The Balaban J connectivity index is 3.42. The second-order valence-corrected chi connectivity index (χ2v) is 2.65. The fourth-order valence-corrected chi connectivity index (χ4v) is 0.834. The van der Waals surface area contributed by atoms with Gasteiger partial charge in [-0.05, 0) is 12.8 Å². The number of hydrogen-bond donors (Lipinski definition) is 4. The lowest BCUT2D eigenvalue weighted by Gasteiger charge is -2.08. The lowest BCUT2D eigenvalue weighted by atomic mass is 10.1.